The van der Waals surface area contributed by atoms with Crippen molar-refractivity contribution >= 4 is 23.4 Å². The second-order valence-electron chi connectivity index (χ2n) is 3.56. The molecule has 0 saturated heterocycles. The highest BCUT2D eigenvalue weighted by Crippen LogP contribution is 2.15. The van der Waals surface area contributed by atoms with Crippen LogP contribution in [0, 0.1) is 5.92 Å². The molecule has 0 aromatic heterocycles. The van der Waals surface area contributed by atoms with Gasteiger partial charge in [-0.15, -0.1) is 0 Å². The third kappa shape index (κ3) is 3.33. The van der Waals surface area contributed by atoms with Crippen LogP contribution in [0.5, 0.6) is 0 Å². The number of unbranched alkanes of at least 4 members (excludes halogenated alkanes) is 2. The smallest absolute Gasteiger partial charge is 0.249 e. The average Bonchev–Trinajstić information content (AvgIpc) is 2.48. The van der Waals surface area contributed by atoms with E-state index < -0.39 is 0 Å². The van der Waals surface area contributed by atoms with Crippen LogP contribution in [0.1, 0.15) is 33.1 Å². The third-order valence-corrected chi connectivity index (χ3v) is 3.49. The van der Waals surface area contributed by atoms with E-state index in [1.165, 1.54) is 19.3 Å². The molecule has 4 heteroatoms. The number of hydrogen-bond acceptors (Lipinski definition) is 3. The number of hydrogen-bond donors (Lipinski definition) is 1. The Morgan fingerprint density at radius 1 is 1.50 bits per heavy atom. The zero-order chi connectivity index (χ0) is 10.4. The number of rotatable bonds is 6. The largest absolute Gasteiger partial charge is 0.272 e. The van der Waals surface area contributed by atoms with E-state index in [4.69, 9.17) is 0 Å². The second kappa shape index (κ2) is 6.06. The fourth-order valence-corrected chi connectivity index (χ4v) is 2.54. The maximum absolute atomic E-state index is 11.3. The van der Waals surface area contributed by atoms with E-state index >= 15 is 0 Å². The van der Waals surface area contributed by atoms with Gasteiger partial charge in [0.05, 0.1) is 5.92 Å². The van der Waals surface area contributed by atoms with Crippen LogP contribution in [0.25, 0.3) is 0 Å². The molecule has 14 heavy (non-hydrogen) atoms. The number of carbonyl (C=O) groups excluding carboxylic acids is 1. The number of amides is 1. The highest BCUT2D eigenvalue weighted by Gasteiger charge is 2.26. The van der Waals surface area contributed by atoms with Crippen LogP contribution in [0.3, 0.4) is 0 Å². The number of carbonyl (C=O) groups is 1. The van der Waals surface area contributed by atoms with Gasteiger partial charge >= 0.3 is 0 Å². The van der Waals surface area contributed by atoms with Gasteiger partial charge < -0.3 is 0 Å². The van der Waals surface area contributed by atoms with Crippen molar-refractivity contribution in [1.29, 1.82) is 0 Å². The molecule has 0 aromatic rings. The minimum absolute atomic E-state index is 0.0154. The Hall–Kier alpha value is -0.510. The summed E-state index contributed by atoms with van der Waals surface area (Å²) in [5.41, 5.74) is 3.44. The molecular weight excluding hydrogens is 196 g/mol. The molecule has 0 fully saturated rings. The molecular formula is C10H18N2OS. The lowest BCUT2D eigenvalue weighted by Crippen LogP contribution is -2.24. The van der Waals surface area contributed by atoms with Gasteiger partial charge in [0.15, 0.2) is 0 Å². The Kier molecular flexibility index (Phi) is 5.01. The number of hydrazone groups is 1. The number of nitrogens with one attached hydrogen (secondary N) is 1. The van der Waals surface area contributed by atoms with E-state index in [1.807, 2.05) is 18.7 Å². The van der Waals surface area contributed by atoms with Gasteiger partial charge in [-0.2, -0.15) is 16.9 Å². The summed E-state index contributed by atoms with van der Waals surface area (Å²) in [6.45, 7) is 4.11. The molecule has 1 aliphatic rings. The molecule has 1 unspecified atom stereocenters. The lowest BCUT2D eigenvalue weighted by Gasteiger charge is -2.06. The maximum Gasteiger partial charge on any atom is 0.249 e. The molecule has 0 spiro atoms. The van der Waals surface area contributed by atoms with Crippen molar-refractivity contribution in [3.05, 3.63) is 0 Å². The normalized spacial score (nSPS) is 20.9. The van der Waals surface area contributed by atoms with Crippen molar-refractivity contribution in [2.45, 2.75) is 33.1 Å². The minimum Gasteiger partial charge on any atom is -0.272 e. The zero-order valence-electron chi connectivity index (χ0n) is 8.88. The van der Waals surface area contributed by atoms with E-state index in [9.17, 15) is 4.79 Å². The Balaban J connectivity index is 2.12. The minimum atomic E-state index is 0.0154. The van der Waals surface area contributed by atoms with Crippen molar-refractivity contribution in [2.24, 2.45) is 11.0 Å². The average molecular weight is 214 g/mol. The summed E-state index contributed by atoms with van der Waals surface area (Å²) in [7, 11) is 0. The topological polar surface area (TPSA) is 41.5 Å². The van der Waals surface area contributed by atoms with Gasteiger partial charge in [-0.05, 0) is 19.1 Å². The summed E-state index contributed by atoms with van der Waals surface area (Å²) in [5.74, 6) is 2.11. The summed E-state index contributed by atoms with van der Waals surface area (Å²) in [6.07, 6.45) is 3.80. The SMILES string of the molecule is CCCCCSCC1C(=O)NN=C1C. The summed E-state index contributed by atoms with van der Waals surface area (Å²) < 4.78 is 0. The van der Waals surface area contributed by atoms with Crippen molar-refractivity contribution in [3.8, 4) is 0 Å². The van der Waals surface area contributed by atoms with Crippen molar-refractivity contribution < 1.29 is 4.79 Å². The van der Waals surface area contributed by atoms with Gasteiger partial charge in [0.2, 0.25) is 5.91 Å². The van der Waals surface area contributed by atoms with Gasteiger partial charge in [0, 0.05) is 11.5 Å². The first-order valence-corrected chi connectivity index (χ1v) is 6.33. The maximum atomic E-state index is 11.3. The highest BCUT2D eigenvalue weighted by atomic mass is 32.2. The highest BCUT2D eigenvalue weighted by molar-refractivity contribution is 7.99. The molecule has 1 amide bonds. The van der Waals surface area contributed by atoms with Crippen LogP contribution in [-0.2, 0) is 4.79 Å². The molecule has 0 radical (unpaired) electrons. The van der Waals surface area contributed by atoms with Crippen LogP contribution in [0.2, 0.25) is 0 Å². The summed E-state index contributed by atoms with van der Waals surface area (Å²) in [4.78, 5) is 11.3. The first-order valence-electron chi connectivity index (χ1n) is 5.17. The Morgan fingerprint density at radius 2 is 2.29 bits per heavy atom. The molecule has 1 heterocycles. The van der Waals surface area contributed by atoms with E-state index in [2.05, 4.69) is 17.5 Å². The molecule has 1 N–H and O–H groups in total. The lowest BCUT2D eigenvalue weighted by molar-refractivity contribution is -0.121. The zero-order valence-corrected chi connectivity index (χ0v) is 9.69. The van der Waals surface area contributed by atoms with Crippen molar-refractivity contribution in [3.63, 3.8) is 0 Å². The third-order valence-electron chi connectivity index (χ3n) is 2.34. The fourth-order valence-electron chi connectivity index (χ4n) is 1.34. The van der Waals surface area contributed by atoms with Crippen LogP contribution in [0.4, 0.5) is 0 Å². The van der Waals surface area contributed by atoms with E-state index in [0.717, 1.165) is 17.2 Å². The van der Waals surface area contributed by atoms with Gasteiger partial charge in [-0.1, -0.05) is 19.8 Å². The van der Waals surface area contributed by atoms with Crippen LogP contribution in [0.15, 0.2) is 5.10 Å². The van der Waals surface area contributed by atoms with Gasteiger partial charge in [-0.25, -0.2) is 5.43 Å². The molecule has 3 nitrogen and oxygen atoms in total. The second-order valence-corrected chi connectivity index (χ2v) is 4.71. The molecule has 0 aliphatic carbocycles. The first-order chi connectivity index (χ1) is 6.75. The van der Waals surface area contributed by atoms with Crippen LogP contribution in [-0.4, -0.2) is 23.1 Å². The predicted molar refractivity (Wildman–Crippen MR) is 61.6 cm³/mol. The predicted octanol–water partition coefficient (Wildman–Crippen LogP) is 2.03. The molecule has 0 bridgehead atoms. The van der Waals surface area contributed by atoms with Crippen molar-refractivity contribution in [2.75, 3.05) is 11.5 Å². The van der Waals surface area contributed by atoms with Crippen molar-refractivity contribution in [1.82, 2.24) is 5.43 Å². The van der Waals surface area contributed by atoms with Gasteiger partial charge in [-0.3, -0.25) is 4.79 Å². The summed E-state index contributed by atoms with van der Waals surface area (Å²) in [5, 5.41) is 3.92. The quantitative estimate of drug-likeness (QED) is 0.687. The number of thioether (sulfide) groups is 1. The number of nitrogens with zero attached hydrogens (tertiary/aromatic N) is 1. The van der Waals surface area contributed by atoms with E-state index in [0.29, 0.717) is 0 Å². The lowest BCUT2D eigenvalue weighted by atomic mass is 10.1. The molecule has 1 atom stereocenters. The molecule has 0 saturated carbocycles. The summed E-state index contributed by atoms with van der Waals surface area (Å²) >= 11 is 1.86. The molecule has 0 aromatic carbocycles. The fraction of sp³-hybridized carbons (Fsp3) is 0.800. The molecule has 1 aliphatic heterocycles. The van der Waals surface area contributed by atoms with E-state index in [-0.39, 0.29) is 11.8 Å². The molecule has 80 valence electrons. The van der Waals surface area contributed by atoms with Crippen LogP contribution >= 0.6 is 11.8 Å². The van der Waals surface area contributed by atoms with Gasteiger partial charge in [0.25, 0.3) is 0 Å². The Bertz CT molecular complexity index is 228. The summed E-state index contributed by atoms with van der Waals surface area (Å²) in [6, 6.07) is 0. The Morgan fingerprint density at radius 3 is 2.86 bits per heavy atom. The first kappa shape index (κ1) is 11.6. The van der Waals surface area contributed by atoms with E-state index in [1.54, 1.807) is 0 Å². The van der Waals surface area contributed by atoms with Crippen LogP contribution < -0.4 is 5.43 Å². The standard InChI is InChI=1S/C10H18N2OS/c1-3-4-5-6-14-7-9-8(2)11-12-10(9)13/h9H,3-7H2,1-2H3,(H,12,13). The monoisotopic (exact) mass is 214 g/mol. The molecule has 1 rings (SSSR count). The Labute approximate surface area is 89.7 Å². The van der Waals surface area contributed by atoms with Gasteiger partial charge in [0.1, 0.15) is 0 Å².